The number of hydrogen-bond donors (Lipinski definition) is 0. The highest BCUT2D eigenvalue weighted by atomic mass is 16.5. The molecule has 1 aromatic rings. The molecule has 0 bridgehead atoms. The summed E-state index contributed by atoms with van der Waals surface area (Å²) in [7, 11) is 1.65. The van der Waals surface area contributed by atoms with Gasteiger partial charge in [0.05, 0.1) is 7.11 Å². The van der Waals surface area contributed by atoms with Crippen molar-refractivity contribution in [3.63, 3.8) is 0 Å². The second-order valence-corrected chi connectivity index (χ2v) is 4.93. The Balaban J connectivity index is 1.91. The number of rotatable bonds is 2. The normalized spacial score (nSPS) is 22.7. The van der Waals surface area contributed by atoms with E-state index in [0.717, 1.165) is 29.9 Å². The lowest BCUT2D eigenvalue weighted by atomic mass is 9.94. The molecule has 18 heavy (non-hydrogen) atoms. The third-order valence-electron chi connectivity index (χ3n) is 3.84. The van der Waals surface area contributed by atoms with Crippen LogP contribution in [0.1, 0.15) is 24.8 Å². The number of allylic oxidation sites excluding steroid dienone is 1. The number of benzene rings is 1. The van der Waals surface area contributed by atoms with Gasteiger partial charge in [0.15, 0.2) is 5.78 Å². The third kappa shape index (κ3) is 1.90. The first kappa shape index (κ1) is 11.3. The van der Waals surface area contributed by atoms with Crippen LogP contribution >= 0.6 is 0 Å². The van der Waals surface area contributed by atoms with Crippen molar-refractivity contribution < 1.29 is 9.53 Å². The number of nitrogens with zero attached hydrogens (tertiary/aromatic N) is 1. The van der Waals surface area contributed by atoms with Crippen LogP contribution in [0.3, 0.4) is 0 Å². The van der Waals surface area contributed by atoms with E-state index >= 15 is 0 Å². The summed E-state index contributed by atoms with van der Waals surface area (Å²) in [5.74, 6) is 1.09. The Bertz CT molecular complexity index is 490. The largest absolute Gasteiger partial charge is 0.497 e. The molecule has 1 unspecified atom stereocenters. The van der Waals surface area contributed by atoms with Gasteiger partial charge in [-0.15, -0.1) is 0 Å². The van der Waals surface area contributed by atoms with Crippen LogP contribution < -0.4 is 4.74 Å². The van der Waals surface area contributed by atoms with Crippen molar-refractivity contribution >= 4 is 11.4 Å². The van der Waals surface area contributed by atoms with Crippen molar-refractivity contribution in [1.82, 2.24) is 4.90 Å². The summed E-state index contributed by atoms with van der Waals surface area (Å²) in [6, 6.07) is 8.16. The number of ketones is 1. The van der Waals surface area contributed by atoms with Crippen molar-refractivity contribution in [2.75, 3.05) is 13.7 Å². The molecular weight excluding hydrogens is 226 g/mol. The standard InChI is InChI=1S/C15H17NO2/c1-18-13-6-4-11(5-7-13)14-10-16-8-2-3-12(16)9-15(14)17/h4-7,10,12H,2-3,8-9H2,1H3. The molecule has 0 aromatic heterocycles. The van der Waals surface area contributed by atoms with E-state index in [1.165, 1.54) is 6.42 Å². The topological polar surface area (TPSA) is 29.5 Å². The summed E-state index contributed by atoms with van der Waals surface area (Å²) in [4.78, 5) is 14.5. The minimum absolute atomic E-state index is 0.267. The van der Waals surface area contributed by atoms with Gasteiger partial charge in [0.25, 0.3) is 0 Å². The van der Waals surface area contributed by atoms with E-state index in [1.54, 1.807) is 7.11 Å². The van der Waals surface area contributed by atoms with E-state index in [9.17, 15) is 4.79 Å². The fourth-order valence-corrected chi connectivity index (χ4v) is 2.82. The van der Waals surface area contributed by atoms with Crippen molar-refractivity contribution in [2.24, 2.45) is 0 Å². The molecule has 3 heteroatoms. The Labute approximate surface area is 107 Å². The molecule has 2 heterocycles. The number of ether oxygens (including phenoxy) is 1. The minimum Gasteiger partial charge on any atom is -0.497 e. The Morgan fingerprint density at radius 2 is 2.06 bits per heavy atom. The second kappa shape index (κ2) is 4.48. The van der Waals surface area contributed by atoms with Crippen LogP contribution in [0.2, 0.25) is 0 Å². The third-order valence-corrected chi connectivity index (χ3v) is 3.84. The van der Waals surface area contributed by atoms with Gasteiger partial charge in [-0.2, -0.15) is 0 Å². The molecule has 3 nitrogen and oxygen atoms in total. The van der Waals surface area contributed by atoms with Gasteiger partial charge in [-0.05, 0) is 30.5 Å². The molecule has 2 aliphatic heterocycles. The molecule has 3 rings (SSSR count). The van der Waals surface area contributed by atoms with Gasteiger partial charge in [0.2, 0.25) is 0 Å². The van der Waals surface area contributed by atoms with Gasteiger partial charge in [0, 0.05) is 30.8 Å². The first-order valence-electron chi connectivity index (χ1n) is 6.43. The molecule has 0 amide bonds. The molecule has 1 saturated heterocycles. The summed E-state index contributed by atoms with van der Waals surface area (Å²) in [5.41, 5.74) is 1.84. The first-order chi connectivity index (χ1) is 8.78. The van der Waals surface area contributed by atoms with Gasteiger partial charge >= 0.3 is 0 Å². The molecule has 1 fully saturated rings. The van der Waals surface area contributed by atoms with E-state index in [0.29, 0.717) is 12.5 Å². The summed E-state index contributed by atoms with van der Waals surface area (Å²) in [6.45, 7) is 1.08. The van der Waals surface area contributed by atoms with E-state index < -0.39 is 0 Å². The average molecular weight is 243 g/mol. The van der Waals surface area contributed by atoms with Crippen LogP contribution in [0.5, 0.6) is 5.75 Å². The molecule has 0 spiro atoms. The van der Waals surface area contributed by atoms with Crippen molar-refractivity contribution in [2.45, 2.75) is 25.3 Å². The average Bonchev–Trinajstić information content (AvgIpc) is 2.85. The molecule has 1 aromatic carbocycles. The maximum atomic E-state index is 12.2. The van der Waals surface area contributed by atoms with E-state index in [4.69, 9.17) is 4.74 Å². The molecule has 0 radical (unpaired) electrons. The molecule has 0 saturated carbocycles. The highest BCUT2D eigenvalue weighted by molar-refractivity contribution is 6.21. The number of methoxy groups -OCH3 is 1. The zero-order chi connectivity index (χ0) is 12.5. The van der Waals surface area contributed by atoms with Crippen molar-refractivity contribution in [3.05, 3.63) is 36.0 Å². The van der Waals surface area contributed by atoms with Gasteiger partial charge in [0.1, 0.15) is 5.75 Å². The Morgan fingerprint density at radius 3 is 2.78 bits per heavy atom. The van der Waals surface area contributed by atoms with E-state index in [2.05, 4.69) is 4.90 Å². The molecule has 0 aliphatic carbocycles. The zero-order valence-corrected chi connectivity index (χ0v) is 10.6. The lowest BCUT2D eigenvalue weighted by Gasteiger charge is -2.28. The van der Waals surface area contributed by atoms with Crippen LogP contribution in [-0.4, -0.2) is 30.4 Å². The Hall–Kier alpha value is -1.77. The summed E-state index contributed by atoms with van der Waals surface area (Å²) in [6.07, 6.45) is 5.06. The molecule has 0 N–H and O–H groups in total. The number of fused-ring (bicyclic) bond motifs is 1. The lowest BCUT2D eigenvalue weighted by Crippen LogP contribution is -2.32. The highest BCUT2D eigenvalue weighted by Crippen LogP contribution is 2.31. The van der Waals surface area contributed by atoms with Crippen LogP contribution in [0.25, 0.3) is 5.57 Å². The van der Waals surface area contributed by atoms with E-state index in [-0.39, 0.29) is 5.78 Å². The van der Waals surface area contributed by atoms with E-state index in [1.807, 2.05) is 30.5 Å². The SMILES string of the molecule is COc1ccc(C2=CN3CCCC3CC2=O)cc1. The van der Waals surface area contributed by atoms with Gasteiger partial charge in [-0.1, -0.05) is 12.1 Å². The molecule has 2 aliphatic rings. The van der Waals surface area contributed by atoms with Crippen LogP contribution in [0.4, 0.5) is 0 Å². The van der Waals surface area contributed by atoms with Crippen LogP contribution in [0, 0.1) is 0 Å². The van der Waals surface area contributed by atoms with Crippen molar-refractivity contribution in [3.8, 4) is 5.75 Å². The molecular formula is C15H17NO2. The Morgan fingerprint density at radius 1 is 1.28 bits per heavy atom. The number of hydrogen-bond acceptors (Lipinski definition) is 3. The summed E-state index contributed by atoms with van der Waals surface area (Å²) in [5, 5.41) is 0. The quantitative estimate of drug-likeness (QED) is 0.799. The number of Topliss-reactive ketones (excluding diaryl/α,β-unsaturated/α-hetero) is 1. The second-order valence-electron chi connectivity index (χ2n) is 4.93. The summed E-state index contributed by atoms with van der Waals surface area (Å²) >= 11 is 0. The maximum absolute atomic E-state index is 12.2. The smallest absolute Gasteiger partial charge is 0.166 e. The number of carbonyl (C=O) groups is 1. The Kier molecular flexibility index (Phi) is 2.82. The first-order valence-corrected chi connectivity index (χ1v) is 6.43. The minimum atomic E-state index is 0.267. The van der Waals surface area contributed by atoms with Gasteiger partial charge in [-0.3, -0.25) is 4.79 Å². The highest BCUT2D eigenvalue weighted by Gasteiger charge is 2.31. The van der Waals surface area contributed by atoms with Crippen LogP contribution in [0.15, 0.2) is 30.5 Å². The van der Waals surface area contributed by atoms with Crippen LogP contribution in [-0.2, 0) is 4.79 Å². The zero-order valence-electron chi connectivity index (χ0n) is 10.6. The molecule has 94 valence electrons. The summed E-state index contributed by atoms with van der Waals surface area (Å²) < 4.78 is 5.14. The van der Waals surface area contributed by atoms with Gasteiger partial charge in [-0.25, -0.2) is 0 Å². The monoisotopic (exact) mass is 243 g/mol. The fraction of sp³-hybridized carbons (Fsp3) is 0.400. The van der Waals surface area contributed by atoms with Gasteiger partial charge < -0.3 is 9.64 Å². The number of carbonyl (C=O) groups excluding carboxylic acids is 1. The van der Waals surface area contributed by atoms with Crippen molar-refractivity contribution in [1.29, 1.82) is 0 Å². The molecule has 1 atom stereocenters. The maximum Gasteiger partial charge on any atom is 0.166 e. The fourth-order valence-electron chi connectivity index (χ4n) is 2.82. The predicted octanol–water partition coefficient (Wildman–Crippen LogP) is 2.47. The lowest BCUT2D eigenvalue weighted by molar-refractivity contribution is -0.115. The predicted molar refractivity (Wildman–Crippen MR) is 70.3 cm³/mol.